The highest BCUT2D eigenvalue weighted by atomic mass is 32.2. The second-order valence-electron chi connectivity index (χ2n) is 1.82. The van der Waals surface area contributed by atoms with Gasteiger partial charge in [0.15, 0.2) is 0 Å². The Hall–Kier alpha value is -0.550. The molecule has 0 heterocycles. The van der Waals surface area contributed by atoms with Crippen molar-refractivity contribution in [2.24, 2.45) is 0 Å². The lowest BCUT2D eigenvalue weighted by atomic mass is 10.7. The van der Waals surface area contributed by atoms with E-state index in [-0.39, 0.29) is 0 Å². The molecule has 0 radical (unpaired) electrons. The van der Waals surface area contributed by atoms with E-state index >= 15 is 0 Å². The molecule has 0 saturated heterocycles. The van der Waals surface area contributed by atoms with Gasteiger partial charge in [-0.2, -0.15) is 8.42 Å². The summed E-state index contributed by atoms with van der Waals surface area (Å²) in [5.74, 6) is 0. The van der Waals surface area contributed by atoms with Gasteiger partial charge in [0.05, 0.1) is 0 Å². The molecule has 0 aromatic rings. The van der Waals surface area contributed by atoms with Crippen LogP contribution in [0.4, 0.5) is 26.5 Å². The van der Waals surface area contributed by atoms with E-state index in [2.05, 4.69) is 4.74 Å². The molecule has 0 amide bonds. The largest absolute Gasteiger partial charge is 0.525 e. The molecular weight excluding hydrogens is 246 g/mol. The van der Waals surface area contributed by atoms with Gasteiger partial charge in [0, 0.05) is 0 Å². The van der Waals surface area contributed by atoms with Gasteiger partial charge in [-0.3, -0.25) is 4.74 Å². The van der Waals surface area contributed by atoms with Crippen molar-refractivity contribution in [1.82, 2.24) is 0 Å². The van der Waals surface area contributed by atoms with Crippen molar-refractivity contribution >= 4 is 10.1 Å². The summed E-state index contributed by atoms with van der Waals surface area (Å²) in [5.41, 5.74) is -3.92. The number of rotatable bonds is 4. The molecule has 0 fully saturated rings. The third kappa shape index (κ3) is 4.11. The predicted molar refractivity (Wildman–Crippen MR) is 28.0 cm³/mol. The van der Waals surface area contributed by atoms with Crippen molar-refractivity contribution in [3.8, 4) is 0 Å². The third-order valence-corrected chi connectivity index (χ3v) is 1.76. The van der Waals surface area contributed by atoms with Crippen LogP contribution in [0, 0.1) is 0 Å². The predicted octanol–water partition coefficient (Wildman–Crippen LogP) is 1.34. The molecule has 0 aliphatic heterocycles. The molecule has 0 bridgehead atoms. The molecule has 0 aliphatic carbocycles. The quantitative estimate of drug-likeness (QED) is 0.704. The van der Waals surface area contributed by atoms with Gasteiger partial charge < -0.3 is 0 Å². The van der Waals surface area contributed by atoms with Crippen LogP contribution in [-0.4, -0.2) is 26.6 Å². The maximum atomic E-state index is 12.2. The topological polar surface area (TPSA) is 52.6 Å². The van der Waals surface area contributed by atoms with Crippen LogP contribution in [0.1, 0.15) is 0 Å². The van der Waals surface area contributed by atoms with Crippen LogP contribution in [0.3, 0.4) is 0 Å². The standard InChI is InChI=1S/C3H2F6O4S/c4-1(12-3(6,7)8)2(5)14(10,11)13-9/h1-2H. The highest BCUT2D eigenvalue weighted by Crippen LogP contribution is 2.24. The van der Waals surface area contributed by atoms with Crippen LogP contribution >= 0.6 is 0 Å². The van der Waals surface area contributed by atoms with Gasteiger partial charge in [-0.05, 0) is 4.53 Å². The van der Waals surface area contributed by atoms with Crippen LogP contribution in [-0.2, 0) is 19.2 Å². The summed E-state index contributed by atoms with van der Waals surface area (Å²) >= 11 is 0. The molecule has 4 nitrogen and oxygen atoms in total. The number of hydrogen-bond acceptors (Lipinski definition) is 4. The Balaban J connectivity index is 4.49. The summed E-state index contributed by atoms with van der Waals surface area (Å²) in [6, 6.07) is 0. The average molecular weight is 248 g/mol. The van der Waals surface area contributed by atoms with E-state index < -0.39 is 28.3 Å². The molecule has 0 rings (SSSR count). The molecule has 14 heavy (non-hydrogen) atoms. The molecular formula is C3H2F6O4S. The van der Waals surface area contributed by atoms with E-state index in [1.54, 1.807) is 0 Å². The maximum absolute atomic E-state index is 12.2. The zero-order chi connectivity index (χ0) is 11.6. The molecule has 0 aromatic carbocycles. The van der Waals surface area contributed by atoms with Crippen molar-refractivity contribution in [3.05, 3.63) is 0 Å². The van der Waals surface area contributed by atoms with E-state index in [1.807, 2.05) is 4.39 Å². The fourth-order valence-corrected chi connectivity index (χ4v) is 0.734. The van der Waals surface area contributed by atoms with Crippen molar-refractivity contribution in [3.63, 3.8) is 0 Å². The van der Waals surface area contributed by atoms with Gasteiger partial charge >= 0.3 is 16.5 Å². The summed E-state index contributed by atoms with van der Waals surface area (Å²) in [5, 5.41) is 0. The molecule has 11 heteroatoms. The van der Waals surface area contributed by atoms with E-state index in [9.17, 15) is 34.9 Å². The summed E-state index contributed by atoms with van der Waals surface area (Å²) in [6.07, 6.45) is -9.51. The van der Waals surface area contributed by atoms with Crippen molar-refractivity contribution < 1.29 is 44.0 Å². The summed E-state index contributed by atoms with van der Waals surface area (Å²) in [4.78, 5) is 0. The average Bonchev–Trinajstić information content (AvgIpc) is 2.00. The Kier molecular flexibility index (Phi) is 4.15. The van der Waals surface area contributed by atoms with Gasteiger partial charge in [0.25, 0.3) is 11.9 Å². The lowest BCUT2D eigenvalue weighted by Gasteiger charge is -2.13. The first-order valence-electron chi connectivity index (χ1n) is 2.67. The maximum Gasteiger partial charge on any atom is 0.525 e. The van der Waals surface area contributed by atoms with Gasteiger partial charge in [0.1, 0.15) is 0 Å². The van der Waals surface area contributed by atoms with Crippen LogP contribution in [0.15, 0.2) is 0 Å². The number of ether oxygens (including phenoxy) is 1. The minimum atomic E-state index is -5.70. The minimum Gasteiger partial charge on any atom is -0.253 e. The molecule has 0 N–H and O–H groups in total. The smallest absolute Gasteiger partial charge is 0.253 e. The molecule has 2 unspecified atom stereocenters. The SMILES string of the molecule is O=S(=O)(OF)C(F)C(F)OC(F)(F)F. The Morgan fingerprint density at radius 1 is 1.14 bits per heavy atom. The first-order valence-corrected chi connectivity index (χ1v) is 4.14. The highest BCUT2D eigenvalue weighted by molar-refractivity contribution is 7.87. The Bertz CT molecular complexity index is 271. The minimum absolute atomic E-state index is 1.94. The number of alkyl halides is 5. The van der Waals surface area contributed by atoms with Crippen molar-refractivity contribution in [2.45, 2.75) is 18.2 Å². The fourth-order valence-electron chi connectivity index (χ4n) is 0.347. The lowest BCUT2D eigenvalue weighted by Crippen LogP contribution is -2.33. The van der Waals surface area contributed by atoms with E-state index in [0.717, 1.165) is 0 Å². The highest BCUT2D eigenvalue weighted by Gasteiger charge is 2.44. The first kappa shape index (κ1) is 13.4. The van der Waals surface area contributed by atoms with Gasteiger partial charge in [0.2, 0.25) is 0 Å². The van der Waals surface area contributed by atoms with Gasteiger partial charge in [-0.15, -0.1) is 13.2 Å². The van der Waals surface area contributed by atoms with Crippen molar-refractivity contribution in [2.75, 3.05) is 0 Å². The molecule has 0 aliphatic rings. The van der Waals surface area contributed by atoms with Gasteiger partial charge in [-0.25, -0.2) is 8.78 Å². The monoisotopic (exact) mass is 248 g/mol. The molecule has 0 aromatic heterocycles. The summed E-state index contributed by atoms with van der Waals surface area (Å²) < 4.78 is 93.0. The molecule has 0 spiro atoms. The number of halogens is 6. The third-order valence-electron chi connectivity index (χ3n) is 0.816. The summed E-state index contributed by atoms with van der Waals surface area (Å²) in [7, 11) is -5.70. The van der Waals surface area contributed by atoms with E-state index in [4.69, 9.17) is 0 Å². The second kappa shape index (κ2) is 4.31. The molecule has 2 atom stereocenters. The lowest BCUT2D eigenvalue weighted by molar-refractivity contribution is -0.363. The normalized spacial score (nSPS) is 17.9. The number of hydrogen-bond donors (Lipinski definition) is 0. The Morgan fingerprint density at radius 3 is 1.86 bits per heavy atom. The zero-order valence-electron chi connectivity index (χ0n) is 5.96. The fraction of sp³-hybridized carbons (Fsp3) is 1.00. The van der Waals surface area contributed by atoms with Crippen LogP contribution < -0.4 is 0 Å². The zero-order valence-corrected chi connectivity index (χ0v) is 6.78. The first-order chi connectivity index (χ1) is 6.10. The van der Waals surface area contributed by atoms with E-state index in [1.165, 1.54) is 0 Å². The Morgan fingerprint density at radius 2 is 1.57 bits per heavy atom. The Labute approximate surface area is 73.4 Å². The van der Waals surface area contributed by atoms with Crippen LogP contribution in [0.25, 0.3) is 0 Å². The molecule has 86 valence electrons. The molecule has 0 saturated carbocycles. The van der Waals surface area contributed by atoms with Crippen molar-refractivity contribution in [1.29, 1.82) is 0 Å². The van der Waals surface area contributed by atoms with E-state index in [0.29, 0.717) is 0 Å². The van der Waals surface area contributed by atoms with Crippen LogP contribution in [0.5, 0.6) is 0 Å². The summed E-state index contributed by atoms with van der Waals surface area (Å²) in [6.45, 7) is 0. The van der Waals surface area contributed by atoms with Crippen LogP contribution in [0.2, 0.25) is 0 Å². The van der Waals surface area contributed by atoms with Gasteiger partial charge in [-0.1, -0.05) is 4.39 Å². The second-order valence-corrected chi connectivity index (χ2v) is 3.38.